The Morgan fingerprint density at radius 1 is 1.28 bits per heavy atom. The van der Waals surface area contributed by atoms with Crippen LogP contribution in [0.4, 0.5) is 4.39 Å². The number of likely N-dealkylation sites (N-methyl/N-ethyl adjacent to an activating group) is 1. The van der Waals surface area contributed by atoms with Crippen molar-refractivity contribution in [3.05, 3.63) is 75.0 Å². The molecule has 2 aromatic carbocycles. The first-order chi connectivity index (χ1) is 11.9. The van der Waals surface area contributed by atoms with E-state index in [1.165, 1.54) is 27.9 Å². The van der Waals surface area contributed by atoms with Gasteiger partial charge in [-0.05, 0) is 35.9 Å². The summed E-state index contributed by atoms with van der Waals surface area (Å²) >= 11 is 3.33. The van der Waals surface area contributed by atoms with E-state index in [9.17, 15) is 14.0 Å². The highest BCUT2D eigenvalue weighted by Crippen LogP contribution is 2.15. The van der Waals surface area contributed by atoms with Crippen LogP contribution in [-0.2, 0) is 17.9 Å². The fourth-order valence-electron chi connectivity index (χ4n) is 2.51. The summed E-state index contributed by atoms with van der Waals surface area (Å²) in [6, 6.07) is 11.3. The topological polar surface area (TPSA) is 55.2 Å². The van der Waals surface area contributed by atoms with E-state index in [1.54, 1.807) is 37.4 Å². The van der Waals surface area contributed by atoms with E-state index < -0.39 is 0 Å². The molecule has 0 aliphatic carbocycles. The molecule has 0 radical (unpaired) electrons. The zero-order valence-electron chi connectivity index (χ0n) is 13.4. The van der Waals surface area contributed by atoms with E-state index in [2.05, 4.69) is 20.9 Å². The van der Waals surface area contributed by atoms with Crippen LogP contribution < -0.4 is 5.56 Å². The highest BCUT2D eigenvalue weighted by atomic mass is 79.9. The molecule has 7 heteroatoms. The molecule has 3 rings (SSSR count). The lowest BCUT2D eigenvalue weighted by atomic mass is 10.2. The van der Waals surface area contributed by atoms with E-state index in [0.29, 0.717) is 16.5 Å². The summed E-state index contributed by atoms with van der Waals surface area (Å²) in [5.41, 5.74) is 0.979. The fourth-order valence-corrected chi connectivity index (χ4v) is 2.87. The van der Waals surface area contributed by atoms with Gasteiger partial charge >= 0.3 is 0 Å². The summed E-state index contributed by atoms with van der Waals surface area (Å²) in [5.74, 6) is -0.610. The first kappa shape index (κ1) is 17.3. The SMILES string of the molecule is CN(Cc1cccc(F)c1)C(=O)Cn1cnc2ccc(Br)cc2c1=O. The number of amides is 1. The van der Waals surface area contributed by atoms with Gasteiger partial charge in [0.05, 0.1) is 17.2 Å². The third-order valence-electron chi connectivity index (χ3n) is 3.83. The van der Waals surface area contributed by atoms with Gasteiger partial charge in [0.25, 0.3) is 5.56 Å². The minimum absolute atomic E-state index is 0.125. The maximum Gasteiger partial charge on any atom is 0.261 e. The number of halogens is 2. The molecule has 5 nitrogen and oxygen atoms in total. The minimum Gasteiger partial charge on any atom is -0.340 e. The van der Waals surface area contributed by atoms with Crippen molar-refractivity contribution in [2.24, 2.45) is 0 Å². The van der Waals surface area contributed by atoms with Gasteiger partial charge < -0.3 is 4.90 Å². The number of nitrogens with zero attached hydrogens (tertiary/aromatic N) is 3. The van der Waals surface area contributed by atoms with E-state index in [-0.39, 0.29) is 30.4 Å². The third-order valence-corrected chi connectivity index (χ3v) is 4.32. The first-order valence-electron chi connectivity index (χ1n) is 7.57. The van der Waals surface area contributed by atoms with Crippen LogP contribution in [0.15, 0.2) is 58.1 Å². The van der Waals surface area contributed by atoms with E-state index >= 15 is 0 Å². The van der Waals surface area contributed by atoms with Crippen LogP contribution in [-0.4, -0.2) is 27.4 Å². The van der Waals surface area contributed by atoms with Crippen molar-refractivity contribution in [2.45, 2.75) is 13.1 Å². The zero-order valence-corrected chi connectivity index (χ0v) is 15.0. The molecule has 0 atom stereocenters. The molecule has 0 aliphatic rings. The number of benzene rings is 2. The molecule has 0 spiro atoms. The predicted octanol–water partition coefficient (Wildman–Crippen LogP) is 2.96. The lowest BCUT2D eigenvalue weighted by Gasteiger charge is -2.18. The summed E-state index contributed by atoms with van der Waals surface area (Å²) in [5, 5.41) is 0.442. The molecule has 0 saturated heterocycles. The maximum absolute atomic E-state index is 13.2. The van der Waals surface area contributed by atoms with Gasteiger partial charge in [-0.15, -0.1) is 0 Å². The van der Waals surface area contributed by atoms with Crippen LogP contribution in [0.3, 0.4) is 0 Å². The van der Waals surface area contributed by atoms with Gasteiger partial charge in [-0.3, -0.25) is 14.2 Å². The number of fused-ring (bicyclic) bond motifs is 1. The molecule has 0 unspecified atom stereocenters. The van der Waals surface area contributed by atoms with Crippen molar-refractivity contribution in [3.8, 4) is 0 Å². The third kappa shape index (κ3) is 3.93. The van der Waals surface area contributed by atoms with E-state index in [4.69, 9.17) is 0 Å². The Morgan fingerprint density at radius 3 is 2.84 bits per heavy atom. The van der Waals surface area contributed by atoms with Gasteiger partial charge in [0.2, 0.25) is 5.91 Å². The largest absolute Gasteiger partial charge is 0.340 e. The molecule has 0 bridgehead atoms. The smallest absolute Gasteiger partial charge is 0.261 e. The Morgan fingerprint density at radius 2 is 2.08 bits per heavy atom. The summed E-state index contributed by atoms with van der Waals surface area (Å²) in [7, 11) is 1.61. The Hall–Kier alpha value is -2.54. The molecule has 1 heterocycles. The van der Waals surface area contributed by atoms with Gasteiger partial charge in [0, 0.05) is 18.1 Å². The van der Waals surface area contributed by atoms with Crippen molar-refractivity contribution in [1.82, 2.24) is 14.5 Å². The van der Waals surface area contributed by atoms with Crippen LogP contribution in [0.1, 0.15) is 5.56 Å². The van der Waals surface area contributed by atoms with Crippen molar-refractivity contribution >= 4 is 32.7 Å². The zero-order chi connectivity index (χ0) is 18.0. The fraction of sp³-hybridized carbons (Fsp3) is 0.167. The molecule has 0 fully saturated rings. The van der Waals surface area contributed by atoms with E-state index in [1.807, 2.05) is 0 Å². The molecule has 1 aromatic heterocycles. The molecule has 25 heavy (non-hydrogen) atoms. The van der Waals surface area contributed by atoms with Crippen LogP contribution in [0.25, 0.3) is 10.9 Å². The average Bonchev–Trinajstić information content (AvgIpc) is 2.57. The quantitative estimate of drug-likeness (QED) is 0.672. The number of hydrogen-bond acceptors (Lipinski definition) is 3. The van der Waals surface area contributed by atoms with E-state index in [0.717, 1.165) is 4.47 Å². The predicted molar refractivity (Wildman–Crippen MR) is 96.6 cm³/mol. The highest BCUT2D eigenvalue weighted by molar-refractivity contribution is 9.10. The van der Waals surface area contributed by atoms with Gasteiger partial charge in [-0.1, -0.05) is 28.1 Å². The van der Waals surface area contributed by atoms with Crippen LogP contribution in [0.2, 0.25) is 0 Å². The minimum atomic E-state index is -0.348. The van der Waals surface area contributed by atoms with Gasteiger partial charge in [0.1, 0.15) is 12.4 Å². The Balaban J connectivity index is 1.79. The Kier molecular flexibility index (Phi) is 4.94. The normalized spacial score (nSPS) is 10.8. The lowest BCUT2D eigenvalue weighted by Crippen LogP contribution is -2.33. The van der Waals surface area contributed by atoms with Crippen molar-refractivity contribution < 1.29 is 9.18 Å². The Labute approximate surface area is 151 Å². The number of carbonyl (C=O) groups excluding carboxylic acids is 1. The number of rotatable bonds is 4. The molecular formula is C18H15BrFN3O2. The molecule has 0 aliphatic heterocycles. The molecule has 0 saturated carbocycles. The van der Waals surface area contributed by atoms with Gasteiger partial charge in [0.15, 0.2) is 0 Å². The highest BCUT2D eigenvalue weighted by Gasteiger charge is 2.13. The summed E-state index contributed by atoms with van der Waals surface area (Å²) in [6.45, 7) is 0.137. The number of hydrogen-bond donors (Lipinski definition) is 0. The first-order valence-corrected chi connectivity index (χ1v) is 8.36. The number of carbonyl (C=O) groups is 1. The molecule has 0 N–H and O–H groups in total. The second-order valence-electron chi connectivity index (χ2n) is 5.72. The average molecular weight is 404 g/mol. The molecule has 3 aromatic rings. The number of aromatic nitrogens is 2. The second kappa shape index (κ2) is 7.14. The van der Waals surface area contributed by atoms with Crippen molar-refractivity contribution in [2.75, 3.05) is 7.05 Å². The maximum atomic E-state index is 13.2. The summed E-state index contributed by atoms with van der Waals surface area (Å²) in [4.78, 5) is 30.6. The van der Waals surface area contributed by atoms with Gasteiger partial charge in [-0.2, -0.15) is 0 Å². The second-order valence-corrected chi connectivity index (χ2v) is 6.63. The monoisotopic (exact) mass is 403 g/mol. The van der Waals surface area contributed by atoms with Gasteiger partial charge in [-0.25, -0.2) is 9.37 Å². The standard InChI is InChI=1S/C18H15BrFN3O2/c1-22(9-12-3-2-4-14(20)7-12)17(24)10-23-11-21-16-6-5-13(19)8-15(16)18(23)25/h2-8,11H,9-10H2,1H3. The van der Waals surface area contributed by atoms with Crippen LogP contribution in [0.5, 0.6) is 0 Å². The van der Waals surface area contributed by atoms with Crippen molar-refractivity contribution in [1.29, 1.82) is 0 Å². The lowest BCUT2D eigenvalue weighted by molar-refractivity contribution is -0.131. The molecular weight excluding hydrogens is 389 g/mol. The Bertz CT molecular complexity index is 1000. The summed E-state index contributed by atoms with van der Waals surface area (Å²) in [6.07, 6.45) is 1.37. The van der Waals surface area contributed by atoms with Crippen LogP contribution >= 0.6 is 15.9 Å². The molecule has 1 amide bonds. The molecule has 128 valence electrons. The van der Waals surface area contributed by atoms with Crippen molar-refractivity contribution in [3.63, 3.8) is 0 Å². The summed E-state index contributed by atoms with van der Waals surface area (Å²) < 4.78 is 15.3. The van der Waals surface area contributed by atoms with Crippen LogP contribution in [0, 0.1) is 5.82 Å².